The smallest absolute Gasteiger partial charge is 0.266 e. The second kappa shape index (κ2) is 7.93. The molecule has 4 aromatic rings. The van der Waals surface area contributed by atoms with Gasteiger partial charge in [-0.3, -0.25) is 4.79 Å². The molecule has 7 heteroatoms. The van der Waals surface area contributed by atoms with Crippen molar-refractivity contribution in [3.05, 3.63) is 77.4 Å². The van der Waals surface area contributed by atoms with E-state index in [4.69, 9.17) is 16.3 Å². The number of carbonyl (C=O) groups excluding carboxylic acids is 1. The Kier molecular flexibility index (Phi) is 5.18. The molecule has 2 aromatic heterocycles. The molecule has 0 spiro atoms. The predicted molar refractivity (Wildman–Crippen MR) is 114 cm³/mol. The Bertz CT molecular complexity index is 1170. The standard InChI is InChI=1S/C22H19ClN4O2/c1-14-13-21(25-22(28)15(2)29-18-10-8-17(23)9-11-18)27(26-14)20-12-7-16-5-3-4-6-19(16)24-20/h3-13,15H,1-2H3,(H,25,28). The molecule has 2 heterocycles. The van der Waals surface area contributed by atoms with E-state index in [1.807, 2.05) is 43.3 Å². The summed E-state index contributed by atoms with van der Waals surface area (Å²) in [6.07, 6.45) is -0.704. The highest BCUT2D eigenvalue weighted by Gasteiger charge is 2.18. The number of anilines is 1. The number of nitrogens with one attached hydrogen (secondary N) is 1. The molecule has 0 radical (unpaired) electrons. The molecule has 1 unspecified atom stereocenters. The van der Waals surface area contributed by atoms with Gasteiger partial charge in [0.05, 0.1) is 11.2 Å². The summed E-state index contributed by atoms with van der Waals surface area (Å²) in [5.74, 6) is 1.43. The number of benzene rings is 2. The molecule has 29 heavy (non-hydrogen) atoms. The van der Waals surface area contributed by atoms with Crippen LogP contribution in [-0.4, -0.2) is 26.8 Å². The molecule has 0 aliphatic heterocycles. The summed E-state index contributed by atoms with van der Waals surface area (Å²) in [5.41, 5.74) is 1.62. The van der Waals surface area contributed by atoms with Gasteiger partial charge >= 0.3 is 0 Å². The van der Waals surface area contributed by atoms with E-state index in [0.717, 1.165) is 16.6 Å². The highest BCUT2D eigenvalue weighted by molar-refractivity contribution is 6.30. The molecule has 0 saturated carbocycles. The number of nitrogens with zero attached hydrogens (tertiary/aromatic N) is 3. The number of fused-ring (bicyclic) bond motifs is 1. The molecule has 1 atom stereocenters. The summed E-state index contributed by atoms with van der Waals surface area (Å²) in [4.78, 5) is 17.3. The topological polar surface area (TPSA) is 69.0 Å². The summed E-state index contributed by atoms with van der Waals surface area (Å²) < 4.78 is 7.32. The Balaban J connectivity index is 1.55. The van der Waals surface area contributed by atoms with Crippen LogP contribution in [0.1, 0.15) is 12.6 Å². The number of pyridine rings is 1. The molecule has 6 nitrogen and oxygen atoms in total. The number of aromatic nitrogens is 3. The van der Waals surface area contributed by atoms with Crippen LogP contribution in [0.15, 0.2) is 66.7 Å². The number of para-hydroxylation sites is 1. The van der Waals surface area contributed by atoms with E-state index in [2.05, 4.69) is 15.4 Å². The van der Waals surface area contributed by atoms with Crippen molar-refractivity contribution in [3.63, 3.8) is 0 Å². The first-order valence-corrected chi connectivity index (χ1v) is 9.53. The van der Waals surface area contributed by atoms with Crippen molar-refractivity contribution in [1.82, 2.24) is 14.8 Å². The Morgan fingerprint density at radius 3 is 2.66 bits per heavy atom. The Morgan fingerprint density at radius 1 is 1.10 bits per heavy atom. The summed E-state index contributed by atoms with van der Waals surface area (Å²) in [7, 11) is 0. The molecule has 4 rings (SSSR count). The Labute approximate surface area is 173 Å². The first-order chi connectivity index (χ1) is 14.0. The van der Waals surface area contributed by atoms with Crippen LogP contribution >= 0.6 is 11.6 Å². The van der Waals surface area contributed by atoms with Gasteiger partial charge in [0.1, 0.15) is 11.6 Å². The molecule has 0 aliphatic carbocycles. The molecule has 0 fully saturated rings. The van der Waals surface area contributed by atoms with E-state index in [0.29, 0.717) is 22.4 Å². The third-order valence-electron chi connectivity index (χ3n) is 4.38. The minimum absolute atomic E-state index is 0.290. The fourth-order valence-corrected chi connectivity index (χ4v) is 3.06. The SMILES string of the molecule is Cc1cc(NC(=O)C(C)Oc2ccc(Cl)cc2)n(-c2ccc3ccccc3n2)n1. The van der Waals surface area contributed by atoms with Gasteiger partial charge in [-0.2, -0.15) is 9.78 Å². The molecular formula is C22H19ClN4O2. The number of ether oxygens (including phenoxy) is 1. The summed E-state index contributed by atoms with van der Waals surface area (Å²) in [5, 5.41) is 9.00. The average molecular weight is 407 g/mol. The van der Waals surface area contributed by atoms with Crippen molar-refractivity contribution in [2.24, 2.45) is 0 Å². The van der Waals surface area contributed by atoms with Gasteiger partial charge in [0.2, 0.25) is 0 Å². The number of amides is 1. The van der Waals surface area contributed by atoms with Gasteiger partial charge in [-0.25, -0.2) is 4.98 Å². The van der Waals surface area contributed by atoms with Crippen molar-refractivity contribution in [2.75, 3.05) is 5.32 Å². The highest BCUT2D eigenvalue weighted by atomic mass is 35.5. The van der Waals surface area contributed by atoms with Gasteiger partial charge in [0.15, 0.2) is 11.9 Å². The van der Waals surface area contributed by atoms with Crippen molar-refractivity contribution in [1.29, 1.82) is 0 Å². The van der Waals surface area contributed by atoms with Gasteiger partial charge in [0.25, 0.3) is 5.91 Å². The fourth-order valence-electron chi connectivity index (χ4n) is 2.94. The Morgan fingerprint density at radius 2 is 1.86 bits per heavy atom. The maximum absolute atomic E-state index is 12.7. The zero-order valence-electron chi connectivity index (χ0n) is 16.0. The van der Waals surface area contributed by atoms with Crippen LogP contribution in [0.4, 0.5) is 5.82 Å². The maximum atomic E-state index is 12.7. The zero-order chi connectivity index (χ0) is 20.4. The third kappa shape index (κ3) is 4.22. The van der Waals surface area contributed by atoms with Crippen molar-refractivity contribution >= 4 is 34.2 Å². The van der Waals surface area contributed by atoms with Gasteiger partial charge in [-0.1, -0.05) is 29.8 Å². The Hall–Kier alpha value is -3.38. The van der Waals surface area contributed by atoms with Gasteiger partial charge in [-0.15, -0.1) is 0 Å². The summed E-state index contributed by atoms with van der Waals surface area (Å²) in [6.45, 7) is 3.55. The molecule has 146 valence electrons. The van der Waals surface area contributed by atoms with E-state index >= 15 is 0 Å². The monoisotopic (exact) mass is 406 g/mol. The van der Waals surface area contributed by atoms with E-state index in [9.17, 15) is 4.79 Å². The maximum Gasteiger partial charge on any atom is 0.266 e. The van der Waals surface area contributed by atoms with Gasteiger partial charge in [0, 0.05) is 16.5 Å². The first-order valence-electron chi connectivity index (χ1n) is 9.15. The van der Waals surface area contributed by atoms with E-state index in [1.165, 1.54) is 0 Å². The van der Waals surface area contributed by atoms with Crippen LogP contribution in [0.3, 0.4) is 0 Å². The number of halogens is 1. The van der Waals surface area contributed by atoms with E-state index in [-0.39, 0.29) is 5.91 Å². The summed E-state index contributed by atoms with van der Waals surface area (Å²) in [6, 6.07) is 20.4. The van der Waals surface area contributed by atoms with Crippen LogP contribution < -0.4 is 10.1 Å². The number of aryl methyl sites for hydroxylation is 1. The van der Waals surface area contributed by atoms with Gasteiger partial charge < -0.3 is 10.1 Å². The normalized spacial score (nSPS) is 12.0. The molecule has 0 saturated heterocycles. The second-order valence-corrected chi connectivity index (χ2v) is 7.08. The quantitative estimate of drug-likeness (QED) is 0.517. The molecule has 1 amide bonds. The van der Waals surface area contributed by atoms with E-state index in [1.54, 1.807) is 41.9 Å². The third-order valence-corrected chi connectivity index (χ3v) is 4.63. The van der Waals surface area contributed by atoms with Crippen molar-refractivity contribution < 1.29 is 9.53 Å². The lowest BCUT2D eigenvalue weighted by Gasteiger charge is -2.15. The zero-order valence-corrected chi connectivity index (χ0v) is 16.7. The number of hydrogen-bond donors (Lipinski definition) is 1. The molecular weight excluding hydrogens is 388 g/mol. The van der Waals surface area contributed by atoms with E-state index < -0.39 is 6.10 Å². The highest BCUT2D eigenvalue weighted by Crippen LogP contribution is 2.20. The van der Waals surface area contributed by atoms with Crippen molar-refractivity contribution in [3.8, 4) is 11.6 Å². The van der Waals surface area contributed by atoms with Crippen molar-refractivity contribution in [2.45, 2.75) is 20.0 Å². The van der Waals surface area contributed by atoms with Crippen LogP contribution in [0.2, 0.25) is 5.02 Å². The minimum atomic E-state index is -0.704. The van der Waals surface area contributed by atoms with Crippen LogP contribution in [0, 0.1) is 6.92 Å². The average Bonchev–Trinajstić information content (AvgIpc) is 3.09. The molecule has 1 N–H and O–H groups in total. The number of rotatable bonds is 5. The molecule has 2 aromatic carbocycles. The number of carbonyl (C=O) groups is 1. The minimum Gasteiger partial charge on any atom is -0.481 e. The van der Waals surface area contributed by atoms with Gasteiger partial charge in [-0.05, 0) is 56.3 Å². The predicted octanol–water partition coefficient (Wildman–Crippen LogP) is 4.79. The lowest BCUT2D eigenvalue weighted by Crippen LogP contribution is -2.31. The van der Waals surface area contributed by atoms with Crippen LogP contribution in [0.25, 0.3) is 16.7 Å². The number of hydrogen-bond acceptors (Lipinski definition) is 4. The van der Waals surface area contributed by atoms with Crippen LogP contribution in [0.5, 0.6) is 5.75 Å². The molecule has 0 aliphatic rings. The fraction of sp³-hybridized carbons (Fsp3) is 0.136. The lowest BCUT2D eigenvalue weighted by atomic mass is 10.2. The molecule has 0 bridgehead atoms. The van der Waals surface area contributed by atoms with Crippen LogP contribution in [-0.2, 0) is 4.79 Å². The largest absolute Gasteiger partial charge is 0.481 e. The summed E-state index contributed by atoms with van der Waals surface area (Å²) >= 11 is 5.88. The first kappa shape index (κ1) is 19.0. The second-order valence-electron chi connectivity index (χ2n) is 6.65. The lowest BCUT2D eigenvalue weighted by molar-refractivity contribution is -0.122.